The van der Waals surface area contributed by atoms with Crippen LogP contribution in [-0.2, 0) is 10.0 Å². The fraction of sp³-hybridized carbons (Fsp3) is 0.571. The third-order valence-electron chi connectivity index (χ3n) is 2.99. The Morgan fingerprint density at radius 2 is 1.85 bits per heavy atom. The molecule has 0 fully saturated rings. The number of nitrogen functional groups attached to an aromatic ring is 1. The van der Waals surface area contributed by atoms with Gasteiger partial charge in [-0.05, 0) is 36.6 Å². The Hall–Kier alpha value is -1.27. The van der Waals surface area contributed by atoms with Crippen molar-refractivity contribution in [2.24, 2.45) is 5.92 Å². The molecule has 0 aliphatic carbocycles. The lowest BCUT2D eigenvalue weighted by atomic mass is 10.1. The van der Waals surface area contributed by atoms with Crippen LogP contribution in [0.25, 0.3) is 0 Å². The van der Waals surface area contributed by atoms with Gasteiger partial charge in [0.15, 0.2) is 0 Å². The molecule has 0 unspecified atom stereocenters. The van der Waals surface area contributed by atoms with Crippen molar-refractivity contribution in [3.05, 3.63) is 24.3 Å². The van der Waals surface area contributed by atoms with Gasteiger partial charge in [-0.3, -0.25) is 0 Å². The maximum atomic E-state index is 12.0. The Labute approximate surface area is 121 Å². The lowest BCUT2D eigenvalue weighted by molar-refractivity contribution is 0.336. The molecule has 0 radical (unpaired) electrons. The first kappa shape index (κ1) is 16.8. The third-order valence-corrected chi connectivity index (χ3v) is 4.80. The average molecular weight is 300 g/mol. The first-order valence-corrected chi connectivity index (χ1v) is 8.34. The predicted molar refractivity (Wildman–Crippen MR) is 82.2 cm³/mol. The maximum absolute atomic E-state index is 12.0. The van der Waals surface area contributed by atoms with Gasteiger partial charge in [0.2, 0.25) is 10.0 Å². The van der Waals surface area contributed by atoms with Crippen LogP contribution in [0, 0.1) is 5.92 Å². The zero-order valence-corrected chi connectivity index (χ0v) is 13.2. The highest BCUT2D eigenvalue weighted by Crippen LogP contribution is 2.13. The summed E-state index contributed by atoms with van der Waals surface area (Å²) in [4.78, 5) is 0. The van der Waals surface area contributed by atoms with Gasteiger partial charge in [0.05, 0.1) is 5.75 Å². The number of hydrogen-bond acceptors (Lipinski definition) is 4. The predicted octanol–water partition coefficient (Wildman–Crippen LogP) is 1.96. The van der Waals surface area contributed by atoms with E-state index < -0.39 is 10.0 Å². The molecule has 1 rings (SSSR count). The minimum absolute atomic E-state index is 0.0219. The summed E-state index contributed by atoms with van der Waals surface area (Å²) in [6, 6.07) is 6.89. The number of sulfonamides is 1. The largest absolute Gasteiger partial charge is 0.492 e. The van der Waals surface area contributed by atoms with E-state index in [1.807, 2.05) is 0 Å². The molecule has 1 aromatic rings. The molecular formula is C14H24N2O3S. The Morgan fingerprint density at radius 3 is 2.40 bits per heavy atom. The summed E-state index contributed by atoms with van der Waals surface area (Å²) in [7, 11) is -1.64. The minimum atomic E-state index is -3.25. The molecule has 5 nitrogen and oxygen atoms in total. The molecule has 20 heavy (non-hydrogen) atoms. The molecule has 0 aliphatic heterocycles. The van der Waals surface area contributed by atoms with Crippen molar-refractivity contribution in [3.63, 3.8) is 0 Å². The number of benzene rings is 1. The van der Waals surface area contributed by atoms with Crippen LogP contribution in [0.1, 0.15) is 20.3 Å². The second kappa shape index (κ2) is 7.50. The fourth-order valence-electron chi connectivity index (χ4n) is 1.56. The van der Waals surface area contributed by atoms with Crippen LogP contribution in [0.5, 0.6) is 5.75 Å². The van der Waals surface area contributed by atoms with E-state index in [9.17, 15) is 8.42 Å². The molecule has 1 aromatic carbocycles. The van der Waals surface area contributed by atoms with E-state index in [-0.39, 0.29) is 12.4 Å². The molecule has 0 saturated heterocycles. The van der Waals surface area contributed by atoms with Crippen molar-refractivity contribution in [2.45, 2.75) is 20.3 Å². The van der Waals surface area contributed by atoms with Gasteiger partial charge in [-0.1, -0.05) is 13.8 Å². The quantitative estimate of drug-likeness (QED) is 0.745. The molecule has 0 bridgehead atoms. The molecule has 0 heterocycles. The number of anilines is 1. The number of ether oxygens (including phenoxy) is 1. The maximum Gasteiger partial charge on any atom is 0.217 e. The lowest BCUT2D eigenvalue weighted by Crippen LogP contribution is -2.32. The van der Waals surface area contributed by atoms with Crippen LogP contribution >= 0.6 is 0 Å². The standard InChI is InChI=1S/C14H24N2O3S/c1-12(2)8-9-16(3)20(17,18)11-10-19-14-6-4-13(15)5-7-14/h4-7,12H,8-11,15H2,1-3H3. The SMILES string of the molecule is CC(C)CCN(C)S(=O)(=O)CCOc1ccc(N)cc1. The molecule has 0 atom stereocenters. The van der Waals surface area contributed by atoms with Gasteiger partial charge in [0.25, 0.3) is 0 Å². The first-order valence-electron chi connectivity index (χ1n) is 6.73. The van der Waals surface area contributed by atoms with Crippen molar-refractivity contribution in [1.82, 2.24) is 4.31 Å². The van der Waals surface area contributed by atoms with Crippen LogP contribution < -0.4 is 10.5 Å². The molecule has 0 aliphatic rings. The van der Waals surface area contributed by atoms with E-state index in [4.69, 9.17) is 10.5 Å². The topological polar surface area (TPSA) is 72.6 Å². The van der Waals surface area contributed by atoms with Crippen molar-refractivity contribution >= 4 is 15.7 Å². The van der Waals surface area contributed by atoms with E-state index in [2.05, 4.69) is 13.8 Å². The smallest absolute Gasteiger partial charge is 0.217 e. The zero-order chi connectivity index (χ0) is 15.2. The molecular weight excluding hydrogens is 276 g/mol. The van der Waals surface area contributed by atoms with Gasteiger partial charge >= 0.3 is 0 Å². The summed E-state index contributed by atoms with van der Waals surface area (Å²) >= 11 is 0. The lowest BCUT2D eigenvalue weighted by Gasteiger charge is -2.18. The van der Waals surface area contributed by atoms with Crippen LogP contribution in [0.2, 0.25) is 0 Å². The van der Waals surface area contributed by atoms with Crippen LogP contribution in [0.4, 0.5) is 5.69 Å². The summed E-state index contributed by atoms with van der Waals surface area (Å²) in [6.07, 6.45) is 0.856. The van der Waals surface area contributed by atoms with Gasteiger partial charge in [0.1, 0.15) is 12.4 Å². The number of nitrogens with two attached hydrogens (primary N) is 1. The second-order valence-corrected chi connectivity index (χ2v) is 7.43. The molecule has 2 N–H and O–H groups in total. The van der Waals surface area contributed by atoms with E-state index in [1.54, 1.807) is 31.3 Å². The van der Waals surface area contributed by atoms with Crippen LogP contribution in [0.3, 0.4) is 0 Å². The Morgan fingerprint density at radius 1 is 1.25 bits per heavy atom. The molecule has 0 aromatic heterocycles. The minimum Gasteiger partial charge on any atom is -0.492 e. The molecule has 0 spiro atoms. The highest BCUT2D eigenvalue weighted by molar-refractivity contribution is 7.89. The number of rotatable bonds is 8. The summed E-state index contributed by atoms with van der Waals surface area (Å²) in [5.41, 5.74) is 6.22. The zero-order valence-electron chi connectivity index (χ0n) is 12.4. The van der Waals surface area contributed by atoms with Gasteiger partial charge in [-0.25, -0.2) is 12.7 Å². The molecule has 114 valence electrons. The van der Waals surface area contributed by atoms with Crippen molar-refractivity contribution in [1.29, 1.82) is 0 Å². The van der Waals surface area contributed by atoms with Gasteiger partial charge in [0, 0.05) is 19.3 Å². The summed E-state index contributed by atoms with van der Waals surface area (Å²) < 4.78 is 30.8. The average Bonchev–Trinajstić information content (AvgIpc) is 2.38. The number of nitrogens with zero attached hydrogens (tertiary/aromatic N) is 1. The summed E-state index contributed by atoms with van der Waals surface area (Å²) in [6.45, 7) is 4.83. The van der Waals surface area contributed by atoms with Crippen LogP contribution in [-0.4, -0.2) is 38.7 Å². The summed E-state index contributed by atoms with van der Waals surface area (Å²) in [5, 5.41) is 0. The molecule has 0 amide bonds. The molecule has 0 saturated carbocycles. The third kappa shape index (κ3) is 5.79. The second-order valence-electron chi connectivity index (χ2n) is 5.24. The van der Waals surface area contributed by atoms with Crippen molar-refractivity contribution in [3.8, 4) is 5.75 Å². The van der Waals surface area contributed by atoms with E-state index in [0.29, 0.717) is 23.9 Å². The van der Waals surface area contributed by atoms with Gasteiger partial charge in [-0.2, -0.15) is 0 Å². The monoisotopic (exact) mass is 300 g/mol. The Balaban J connectivity index is 2.41. The van der Waals surface area contributed by atoms with E-state index in [0.717, 1.165) is 6.42 Å². The highest BCUT2D eigenvalue weighted by Gasteiger charge is 2.17. The first-order chi connectivity index (χ1) is 9.31. The Bertz CT molecular complexity index is 498. The fourth-order valence-corrected chi connectivity index (χ4v) is 2.55. The van der Waals surface area contributed by atoms with Gasteiger partial charge < -0.3 is 10.5 Å². The Kier molecular flexibility index (Phi) is 6.29. The van der Waals surface area contributed by atoms with Crippen LogP contribution in [0.15, 0.2) is 24.3 Å². The van der Waals surface area contributed by atoms with Gasteiger partial charge in [-0.15, -0.1) is 0 Å². The van der Waals surface area contributed by atoms with Crippen molar-refractivity contribution < 1.29 is 13.2 Å². The highest BCUT2D eigenvalue weighted by atomic mass is 32.2. The van der Waals surface area contributed by atoms with E-state index in [1.165, 1.54) is 4.31 Å². The van der Waals surface area contributed by atoms with Crippen molar-refractivity contribution in [2.75, 3.05) is 31.7 Å². The summed E-state index contributed by atoms with van der Waals surface area (Å²) in [5.74, 6) is 1.09. The molecule has 6 heteroatoms. The van der Waals surface area contributed by atoms with E-state index >= 15 is 0 Å². The number of hydrogen-bond donors (Lipinski definition) is 1. The normalized spacial score (nSPS) is 12.1.